The topological polar surface area (TPSA) is 119 Å². The Labute approximate surface area is 191 Å². The van der Waals surface area contributed by atoms with Crippen molar-refractivity contribution in [3.05, 3.63) is 54.9 Å². The van der Waals surface area contributed by atoms with E-state index in [0.29, 0.717) is 34.6 Å². The number of hydrogen-bond acceptors (Lipinski definition) is 7. The molecule has 4 rings (SSSR count). The van der Waals surface area contributed by atoms with Gasteiger partial charge in [0.2, 0.25) is 6.41 Å². The Morgan fingerprint density at radius 1 is 1.03 bits per heavy atom. The Hall–Kier alpha value is -3.79. The Balaban J connectivity index is 1.84. The average Bonchev–Trinajstić information content (AvgIpc) is 3.19. The fourth-order valence-corrected chi connectivity index (χ4v) is 5.27. The summed E-state index contributed by atoms with van der Waals surface area (Å²) in [5.41, 5.74) is 3.37. The van der Waals surface area contributed by atoms with Crippen molar-refractivity contribution in [2.45, 2.75) is 18.7 Å². The lowest BCUT2D eigenvalue weighted by Gasteiger charge is -2.08. The van der Waals surface area contributed by atoms with Crippen LogP contribution in [0.25, 0.3) is 28.0 Å². The van der Waals surface area contributed by atoms with Gasteiger partial charge < -0.3 is 10.6 Å². The van der Waals surface area contributed by atoms with E-state index < -0.39 is 9.84 Å². The van der Waals surface area contributed by atoms with E-state index in [2.05, 4.69) is 20.6 Å². The molecule has 0 radical (unpaired) electrons. The zero-order valence-corrected chi connectivity index (χ0v) is 19.3. The number of nitrogens with one attached hydrogen (secondary N) is 2. The summed E-state index contributed by atoms with van der Waals surface area (Å²) in [6, 6.07) is 13.9. The molecule has 0 saturated carbocycles. The molecule has 0 saturated heterocycles. The summed E-state index contributed by atoms with van der Waals surface area (Å²) < 4.78 is 26.9. The third-order valence-electron chi connectivity index (χ3n) is 5.08. The third kappa shape index (κ3) is 4.42. The van der Waals surface area contributed by atoms with Crippen LogP contribution in [0.4, 0.5) is 11.5 Å². The maximum Gasteiger partial charge on any atom is 0.211 e. The molecule has 0 aliphatic heterocycles. The predicted octanol–water partition coefficient (Wildman–Crippen LogP) is 3.52. The molecule has 0 fully saturated rings. The van der Waals surface area contributed by atoms with E-state index >= 15 is 0 Å². The van der Waals surface area contributed by atoms with E-state index in [-0.39, 0.29) is 16.6 Å². The molecule has 0 aliphatic rings. The third-order valence-corrected chi connectivity index (χ3v) is 7.17. The predicted molar refractivity (Wildman–Crippen MR) is 128 cm³/mol. The van der Waals surface area contributed by atoms with E-state index in [4.69, 9.17) is 5.10 Å². The summed E-state index contributed by atoms with van der Waals surface area (Å²) >= 11 is 0. The summed E-state index contributed by atoms with van der Waals surface area (Å²) in [4.78, 5) is 19.7. The molecule has 33 heavy (non-hydrogen) atoms. The van der Waals surface area contributed by atoms with Gasteiger partial charge in [0.25, 0.3) is 0 Å². The first-order valence-electron chi connectivity index (χ1n) is 10.4. The van der Waals surface area contributed by atoms with Crippen LogP contribution in [0, 0.1) is 5.92 Å². The van der Waals surface area contributed by atoms with Crippen LogP contribution < -0.4 is 10.6 Å². The molecule has 2 aromatic heterocycles. The number of sulfone groups is 1. The van der Waals surface area contributed by atoms with Crippen molar-refractivity contribution in [3.8, 4) is 16.9 Å². The highest BCUT2D eigenvalue weighted by atomic mass is 32.2. The first kappa shape index (κ1) is 22.4. The van der Waals surface area contributed by atoms with Crippen LogP contribution in [-0.4, -0.2) is 47.4 Å². The minimum absolute atomic E-state index is 0.0396. The van der Waals surface area contributed by atoms with E-state index in [1.54, 1.807) is 48.1 Å². The second-order valence-electron chi connectivity index (χ2n) is 7.94. The molecule has 0 bridgehead atoms. The number of aromatic nitrogens is 4. The fraction of sp³-hybridized carbons (Fsp3) is 0.217. The largest absolute Gasteiger partial charge is 0.372 e. The van der Waals surface area contributed by atoms with Crippen molar-refractivity contribution >= 4 is 38.8 Å². The van der Waals surface area contributed by atoms with Gasteiger partial charge in [0.15, 0.2) is 15.5 Å². The van der Waals surface area contributed by atoms with Crippen LogP contribution in [0.3, 0.4) is 0 Å². The lowest BCUT2D eigenvalue weighted by atomic mass is 10.1. The van der Waals surface area contributed by atoms with Gasteiger partial charge in [-0.15, -0.1) is 0 Å². The molecule has 2 aromatic carbocycles. The molecule has 0 unspecified atom stereocenters. The van der Waals surface area contributed by atoms with E-state index in [1.807, 2.05) is 26.0 Å². The molecule has 9 nitrogen and oxygen atoms in total. The van der Waals surface area contributed by atoms with Gasteiger partial charge in [0.05, 0.1) is 21.7 Å². The minimum atomic E-state index is -3.35. The summed E-state index contributed by atoms with van der Waals surface area (Å²) in [5, 5.41) is 11.2. The lowest BCUT2D eigenvalue weighted by Crippen LogP contribution is -2.11. The van der Waals surface area contributed by atoms with Crippen molar-refractivity contribution < 1.29 is 13.2 Å². The number of carbonyl (C=O) groups excluding carboxylic acids is 1. The fourth-order valence-electron chi connectivity index (χ4n) is 3.65. The van der Waals surface area contributed by atoms with Crippen LogP contribution in [0.15, 0.2) is 59.8 Å². The second kappa shape index (κ2) is 8.99. The SMILES string of the molecule is CNc1ncnc2c1c(-c1ccc(S(=O)(=O)CC(C)C)cc1)nn2-c1ccc(NC=O)cc1. The zero-order chi connectivity index (χ0) is 23.6. The van der Waals surface area contributed by atoms with Crippen LogP contribution in [0.1, 0.15) is 13.8 Å². The summed E-state index contributed by atoms with van der Waals surface area (Å²) in [7, 11) is -1.59. The van der Waals surface area contributed by atoms with Gasteiger partial charge in [0, 0.05) is 18.3 Å². The summed E-state index contributed by atoms with van der Waals surface area (Å²) in [5.74, 6) is 0.742. The average molecular weight is 465 g/mol. The van der Waals surface area contributed by atoms with E-state index in [0.717, 1.165) is 11.3 Å². The van der Waals surface area contributed by atoms with Crippen molar-refractivity contribution in [1.29, 1.82) is 0 Å². The molecule has 4 aromatic rings. The van der Waals surface area contributed by atoms with Gasteiger partial charge >= 0.3 is 0 Å². The van der Waals surface area contributed by atoms with E-state index in [9.17, 15) is 13.2 Å². The second-order valence-corrected chi connectivity index (χ2v) is 9.97. The highest BCUT2D eigenvalue weighted by molar-refractivity contribution is 7.91. The Bertz CT molecular complexity index is 1390. The van der Waals surface area contributed by atoms with Crippen LogP contribution >= 0.6 is 0 Å². The van der Waals surface area contributed by atoms with Gasteiger partial charge in [0.1, 0.15) is 17.8 Å². The normalized spacial score (nSPS) is 11.6. The standard InChI is InChI=1S/C23H24N6O3S/c1-15(2)12-33(31,32)19-10-4-16(5-11-19)21-20-22(24-3)25-13-26-23(20)29(28-21)18-8-6-17(7-9-18)27-14-30/h4-11,13-15H,12H2,1-3H3,(H,27,30)(H,24,25,26). The number of amides is 1. The van der Waals surface area contributed by atoms with Gasteiger partial charge in [-0.1, -0.05) is 26.0 Å². The summed E-state index contributed by atoms with van der Waals surface area (Å²) in [6.07, 6.45) is 2.08. The highest BCUT2D eigenvalue weighted by Gasteiger charge is 2.20. The molecule has 170 valence electrons. The molecule has 2 heterocycles. The first-order chi connectivity index (χ1) is 15.8. The number of fused-ring (bicyclic) bond motifs is 1. The van der Waals surface area contributed by atoms with Crippen LogP contribution in [0.2, 0.25) is 0 Å². The van der Waals surface area contributed by atoms with E-state index in [1.165, 1.54) is 6.33 Å². The maximum atomic E-state index is 12.6. The quantitative estimate of drug-likeness (QED) is 0.383. The molecular formula is C23H24N6O3S. The number of benzene rings is 2. The molecular weight excluding hydrogens is 440 g/mol. The smallest absolute Gasteiger partial charge is 0.211 e. The van der Waals surface area contributed by atoms with Crippen molar-refractivity contribution in [3.63, 3.8) is 0 Å². The highest BCUT2D eigenvalue weighted by Crippen LogP contribution is 2.33. The number of rotatable bonds is 8. The van der Waals surface area contributed by atoms with Crippen LogP contribution in [0.5, 0.6) is 0 Å². The zero-order valence-electron chi connectivity index (χ0n) is 18.5. The maximum absolute atomic E-state index is 12.6. The Morgan fingerprint density at radius 2 is 1.73 bits per heavy atom. The number of anilines is 2. The summed E-state index contributed by atoms with van der Waals surface area (Å²) in [6.45, 7) is 3.76. The first-order valence-corrected chi connectivity index (χ1v) is 12.0. The number of hydrogen-bond donors (Lipinski definition) is 2. The van der Waals surface area contributed by atoms with Crippen molar-refractivity contribution in [2.24, 2.45) is 5.92 Å². The number of nitrogens with zero attached hydrogens (tertiary/aromatic N) is 4. The van der Waals surface area contributed by atoms with Gasteiger partial charge in [-0.05, 0) is 42.3 Å². The van der Waals surface area contributed by atoms with Gasteiger partial charge in [-0.25, -0.2) is 23.1 Å². The molecule has 2 N–H and O–H groups in total. The minimum Gasteiger partial charge on any atom is -0.372 e. The Morgan fingerprint density at radius 3 is 2.33 bits per heavy atom. The monoisotopic (exact) mass is 464 g/mol. The van der Waals surface area contributed by atoms with Gasteiger partial charge in [-0.2, -0.15) is 5.10 Å². The molecule has 0 atom stereocenters. The molecule has 1 amide bonds. The Kier molecular flexibility index (Phi) is 6.10. The molecule has 10 heteroatoms. The van der Waals surface area contributed by atoms with Crippen molar-refractivity contribution in [1.82, 2.24) is 19.7 Å². The molecule has 0 aliphatic carbocycles. The molecule has 0 spiro atoms. The lowest BCUT2D eigenvalue weighted by molar-refractivity contribution is -0.105. The number of carbonyl (C=O) groups is 1. The van der Waals surface area contributed by atoms with Crippen molar-refractivity contribution in [2.75, 3.05) is 23.4 Å². The van der Waals surface area contributed by atoms with Gasteiger partial charge in [-0.3, -0.25) is 4.79 Å². The van der Waals surface area contributed by atoms with Crippen LogP contribution in [-0.2, 0) is 14.6 Å².